The lowest BCUT2D eigenvalue weighted by Gasteiger charge is -2.35. The SMILES string of the molecule is CC1CCCCN1CC(=O)N1CCCCCCC1. The van der Waals surface area contributed by atoms with Crippen LogP contribution < -0.4 is 0 Å². The molecule has 0 N–H and O–H groups in total. The van der Waals surface area contributed by atoms with E-state index < -0.39 is 0 Å². The molecule has 3 heteroatoms. The summed E-state index contributed by atoms with van der Waals surface area (Å²) in [5.74, 6) is 0.366. The zero-order chi connectivity index (χ0) is 12.8. The summed E-state index contributed by atoms with van der Waals surface area (Å²) >= 11 is 0. The van der Waals surface area contributed by atoms with Crippen molar-refractivity contribution < 1.29 is 4.79 Å². The van der Waals surface area contributed by atoms with E-state index in [1.807, 2.05) is 0 Å². The Kier molecular flexibility index (Phi) is 5.48. The van der Waals surface area contributed by atoms with Gasteiger partial charge in [-0.2, -0.15) is 0 Å². The lowest BCUT2D eigenvalue weighted by Crippen LogP contribution is -2.46. The molecule has 2 heterocycles. The van der Waals surface area contributed by atoms with E-state index in [4.69, 9.17) is 0 Å². The van der Waals surface area contributed by atoms with E-state index in [0.717, 1.165) is 19.6 Å². The average molecular weight is 252 g/mol. The van der Waals surface area contributed by atoms with Crippen molar-refractivity contribution in [2.24, 2.45) is 0 Å². The van der Waals surface area contributed by atoms with Crippen LogP contribution in [0.3, 0.4) is 0 Å². The summed E-state index contributed by atoms with van der Waals surface area (Å²) in [4.78, 5) is 16.9. The van der Waals surface area contributed by atoms with Gasteiger partial charge in [-0.3, -0.25) is 9.69 Å². The van der Waals surface area contributed by atoms with Crippen LogP contribution in [-0.2, 0) is 4.79 Å². The number of likely N-dealkylation sites (tertiary alicyclic amines) is 2. The first kappa shape index (κ1) is 13.9. The second kappa shape index (κ2) is 7.13. The molecule has 3 nitrogen and oxygen atoms in total. The third-order valence-corrected chi connectivity index (χ3v) is 4.49. The summed E-state index contributed by atoms with van der Waals surface area (Å²) in [7, 11) is 0. The molecule has 2 aliphatic heterocycles. The van der Waals surface area contributed by atoms with Crippen molar-refractivity contribution in [1.82, 2.24) is 9.80 Å². The molecule has 1 amide bonds. The summed E-state index contributed by atoms with van der Waals surface area (Å²) < 4.78 is 0. The fourth-order valence-electron chi connectivity index (χ4n) is 3.16. The minimum atomic E-state index is 0.366. The van der Waals surface area contributed by atoms with Crippen LogP contribution in [0.1, 0.15) is 58.3 Å². The van der Waals surface area contributed by atoms with Gasteiger partial charge in [-0.25, -0.2) is 0 Å². The van der Waals surface area contributed by atoms with Gasteiger partial charge in [0.25, 0.3) is 0 Å². The number of carbonyl (C=O) groups is 1. The Morgan fingerprint density at radius 3 is 2.22 bits per heavy atom. The van der Waals surface area contributed by atoms with Crippen LogP contribution in [0.5, 0.6) is 0 Å². The lowest BCUT2D eigenvalue weighted by atomic mass is 10.0. The molecule has 0 aromatic carbocycles. The third-order valence-electron chi connectivity index (χ3n) is 4.49. The number of nitrogens with zero attached hydrogens (tertiary/aromatic N) is 2. The second-order valence-corrected chi connectivity index (χ2v) is 5.96. The maximum Gasteiger partial charge on any atom is 0.236 e. The van der Waals surface area contributed by atoms with Gasteiger partial charge in [0.2, 0.25) is 5.91 Å². The summed E-state index contributed by atoms with van der Waals surface area (Å²) in [6.45, 7) is 6.00. The first-order chi connectivity index (χ1) is 8.77. The van der Waals surface area contributed by atoms with E-state index >= 15 is 0 Å². The predicted molar refractivity (Wildman–Crippen MR) is 74.6 cm³/mol. The molecule has 18 heavy (non-hydrogen) atoms. The number of carbonyl (C=O) groups excluding carboxylic acids is 1. The molecule has 0 aromatic rings. The van der Waals surface area contributed by atoms with Gasteiger partial charge >= 0.3 is 0 Å². The Hall–Kier alpha value is -0.570. The van der Waals surface area contributed by atoms with Crippen LogP contribution in [0.25, 0.3) is 0 Å². The van der Waals surface area contributed by atoms with E-state index in [2.05, 4.69) is 16.7 Å². The van der Waals surface area contributed by atoms with Crippen LogP contribution in [0, 0.1) is 0 Å². The second-order valence-electron chi connectivity index (χ2n) is 5.96. The predicted octanol–water partition coefficient (Wildman–Crippen LogP) is 2.65. The van der Waals surface area contributed by atoms with Crippen molar-refractivity contribution in [3.05, 3.63) is 0 Å². The van der Waals surface area contributed by atoms with Crippen LogP contribution in [0.4, 0.5) is 0 Å². The fourth-order valence-corrected chi connectivity index (χ4v) is 3.16. The molecule has 2 rings (SSSR count). The molecular formula is C15H28N2O. The lowest BCUT2D eigenvalue weighted by molar-refractivity contribution is -0.133. The minimum absolute atomic E-state index is 0.366. The molecule has 2 aliphatic rings. The molecule has 0 aromatic heterocycles. The van der Waals surface area contributed by atoms with Gasteiger partial charge in [0.1, 0.15) is 0 Å². The number of piperidine rings is 1. The molecule has 2 saturated heterocycles. The van der Waals surface area contributed by atoms with Crippen molar-refractivity contribution >= 4 is 5.91 Å². The Morgan fingerprint density at radius 2 is 1.56 bits per heavy atom. The van der Waals surface area contributed by atoms with Crippen molar-refractivity contribution in [3.8, 4) is 0 Å². The molecular weight excluding hydrogens is 224 g/mol. The maximum absolute atomic E-state index is 12.4. The van der Waals surface area contributed by atoms with E-state index in [-0.39, 0.29) is 0 Å². The van der Waals surface area contributed by atoms with Crippen LogP contribution in [0.2, 0.25) is 0 Å². The maximum atomic E-state index is 12.4. The number of amides is 1. The van der Waals surface area contributed by atoms with Gasteiger partial charge in [0.15, 0.2) is 0 Å². The summed E-state index contributed by atoms with van der Waals surface area (Å²) in [6, 6.07) is 0.595. The van der Waals surface area contributed by atoms with Gasteiger partial charge in [-0.1, -0.05) is 25.7 Å². The summed E-state index contributed by atoms with van der Waals surface area (Å²) in [6.07, 6.45) is 10.2. The van der Waals surface area contributed by atoms with Gasteiger partial charge < -0.3 is 4.90 Å². The molecule has 0 aliphatic carbocycles. The molecule has 1 unspecified atom stereocenters. The molecule has 0 radical (unpaired) electrons. The van der Waals surface area contributed by atoms with E-state index in [1.165, 1.54) is 51.4 Å². The zero-order valence-electron chi connectivity index (χ0n) is 11.9. The molecule has 2 fully saturated rings. The largest absolute Gasteiger partial charge is 0.342 e. The van der Waals surface area contributed by atoms with Crippen LogP contribution >= 0.6 is 0 Å². The first-order valence-electron chi connectivity index (χ1n) is 7.79. The smallest absolute Gasteiger partial charge is 0.236 e. The number of hydrogen-bond donors (Lipinski definition) is 0. The van der Waals surface area contributed by atoms with Gasteiger partial charge in [-0.15, -0.1) is 0 Å². The van der Waals surface area contributed by atoms with Gasteiger partial charge in [0.05, 0.1) is 6.54 Å². The topological polar surface area (TPSA) is 23.6 Å². The Morgan fingerprint density at radius 1 is 0.944 bits per heavy atom. The van der Waals surface area contributed by atoms with E-state index in [1.54, 1.807) is 0 Å². The number of hydrogen-bond acceptors (Lipinski definition) is 2. The van der Waals surface area contributed by atoms with E-state index in [9.17, 15) is 4.79 Å². The molecule has 0 saturated carbocycles. The fraction of sp³-hybridized carbons (Fsp3) is 0.933. The molecule has 0 spiro atoms. The van der Waals surface area contributed by atoms with Crippen molar-refractivity contribution in [2.45, 2.75) is 64.3 Å². The standard InChI is InChI=1S/C15H28N2O/c1-14-9-5-8-12-17(14)13-15(18)16-10-6-3-2-4-7-11-16/h14H,2-13H2,1H3. The summed E-state index contributed by atoms with van der Waals surface area (Å²) in [5.41, 5.74) is 0. The molecule has 0 bridgehead atoms. The first-order valence-corrected chi connectivity index (χ1v) is 7.79. The highest BCUT2D eigenvalue weighted by atomic mass is 16.2. The highest BCUT2D eigenvalue weighted by Gasteiger charge is 2.23. The molecule has 104 valence electrons. The average Bonchev–Trinajstić information content (AvgIpc) is 2.31. The monoisotopic (exact) mass is 252 g/mol. The van der Waals surface area contributed by atoms with E-state index in [0.29, 0.717) is 18.5 Å². The van der Waals surface area contributed by atoms with Gasteiger partial charge in [-0.05, 0) is 39.2 Å². The minimum Gasteiger partial charge on any atom is -0.342 e. The Bertz CT molecular complexity index is 259. The highest BCUT2D eigenvalue weighted by molar-refractivity contribution is 5.78. The van der Waals surface area contributed by atoms with Crippen molar-refractivity contribution in [2.75, 3.05) is 26.2 Å². The van der Waals surface area contributed by atoms with Crippen molar-refractivity contribution in [1.29, 1.82) is 0 Å². The quantitative estimate of drug-likeness (QED) is 0.754. The Labute approximate surface area is 112 Å². The highest BCUT2D eigenvalue weighted by Crippen LogP contribution is 2.17. The van der Waals surface area contributed by atoms with Crippen molar-refractivity contribution in [3.63, 3.8) is 0 Å². The van der Waals surface area contributed by atoms with Crippen LogP contribution in [0.15, 0.2) is 0 Å². The van der Waals surface area contributed by atoms with Crippen LogP contribution in [-0.4, -0.2) is 47.9 Å². The normalized spacial score (nSPS) is 27.6. The zero-order valence-corrected chi connectivity index (χ0v) is 11.9. The van der Waals surface area contributed by atoms with Gasteiger partial charge in [0, 0.05) is 19.1 Å². The molecule has 1 atom stereocenters. The Balaban J connectivity index is 1.81. The third kappa shape index (κ3) is 3.98. The summed E-state index contributed by atoms with van der Waals surface area (Å²) in [5, 5.41) is 0. The number of rotatable bonds is 2.